The molecule has 2 N–H and O–H groups in total. The number of hydrogen-bond donors (Lipinski definition) is 2. The van der Waals surface area contributed by atoms with Crippen molar-refractivity contribution in [3.8, 4) is 0 Å². The molecule has 4 bridgehead atoms. The minimum absolute atomic E-state index is 0.00428. The molecule has 0 aromatic heterocycles. The summed E-state index contributed by atoms with van der Waals surface area (Å²) in [6.07, 6.45) is 35.0. The lowest BCUT2D eigenvalue weighted by atomic mass is 10.0. The van der Waals surface area contributed by atoms with E-state index < -0.39 is 69.9 Å². The van der Waals surface area contributed by atoms with Gasteiger partial charge in [0.05, 0.1) is 0 Å². The normalized spacial score (nSPS) is 43.9. The van der Waals surface area contributed by atoms with Crippen LogP contribution in [0.25, 0.3) is 0 Å². The van der Waals surface area contributed by atoms with Gasteiger partial charge in [-0.25, -0.2) is 0 Å². The summed E-state index contributed by atoms with van der Waals surface area (Å²) >= 11 is 0. The third-order valence-corrected chi connectivity index (χ3v) is 53.1. The Morgan fingerprint density at radius 3 is 0.769 bits per heavy atom. The molecule has 0 aromatic carbocycles. The standard InChI is InChI=1S/C45H88O12Si8/c1-58(2,3)48-61(41-29-15-6-16-30-41)53-63(43-33-19-8-20-34-43)51-59(46,39-25-11-4-12-26-39)49-62(42-31-17-7-18-32-42)50-60(47,40-27-13-5-14-28-40)52-64(54-61,44-35-21-9-22-36-44)57-65(55-62,56-63)45-37-23-10-24-38-45/h39-47H,4-38H2,1-3H3. The van der Waals surface area contributed by atoms with Crippen LogP contribution in [-0.4, -0.2) is 79.5 Å². The Morgan fingerprint density at radius 1 is 0.292 bits per heavy atom. The minimum Gasteiger partial charge on any atom is -0.417 e. The molecule has 0 spiro atoms. The molecule has 10 aliphatic rings. The van der Waals surface area contributed by atoms with Gasteiger partial charge in [0.1, 0.15) is 0 Å². The molecular weight excluding hydrogens is 957 g/mol. The lowest BCUT2D eigenvalue weighted by Gasteiger charge is -2.63. The third-order valence-electron chi connectivity index (χ3n) is 17.8. The highest BCUT2D eigenvalue weighted by Gasteiger charge is 2.83. The van der Waals surface area contributed by atoms with Crippen LogP contribution in [-0.2, 0) is 41.2 Å². The summed E-state index contributed by atoms with van der Waals surface area (Å²) in [7, 11) is -31.9. The molecular formula is C45H88O12Si8. The summed E-state index contributed by atoms with van der Waals surface area (Å²) in [5, 5.41) is 0. The van der Waals surface area contributed by atoms with E-state index in [1.807, 2.05) is 0 Å². The topological polar surface area (TPSA) is 133 Å². The van der Waals surface area contributed by atoms with Crippen molar-refractivity contribution in [2.45, 2.75) is 283 Å². The number of fused-ring (bicyclic) bond motifs is 3. The van der Waals surface area contributed by atoms with Gasteiger partial charge in [0.25, 0.3) is 0 Å². The van der Waals surface area contributed by atoms with Crippen molar-refractivity contribution in [1.82, 2.24) is 0 Å². The molecule has 4 unspecified atom stereocenters. The van der Waals surface area contributed by atoms with Crippen molar-refractivity contribution in [3.63, 3.8) is 0 Å². The quantitative estimate of drug-likeness (QED) is 0.213. The molecule has 7 aliphatic carbocycles. The Hall–Kier alpha value is 1.26. The van der Waals surface area contributed by atoms with Crippen molar-refractivity contribution in [1.29, 1.82) is 0 Å². The molecule has 0 amide bonds. The molecule has 4 atom stereocenters. The van der Waals surface area contributed by atoms with E-state index in [1.165, 1.54) is 12.8 Å². The van der Waals surface area contributed by atoms with Crippen LogP contribution in [0.2, 0.25) is 58.4 Å². The zero-order valence-corrected chi connectivity index (χ0v) is 48.8. The fraction of sp³-hybridized carbons (Fsp3) is 1.00. The van der Waals surface area contributed by atoms with E-state index in [4.69, 9.17) is 41.2 Å². The van der Waals surface area contributed by atoms with Crippen LogP contribution in [0.15, 0.2) is 0 Å². The molecule has 0 radical (unpaired) electrons. The Balaban J connectivity index is 1.28. The number of hydrogen-bond acceptors (Lipinski definition) is 12. The average Bonchev–Trinajstić information content (AvgIpc) is 3.31. The van der Waals surface area contributed by atoms with E-state index >= 15 is 0 Å². The SMILES string of the molecule is C[Si](C)(C)O[Si]1(C2CCCCC2)O[Si]2(C3CCCCC3)O[Si](O)(C3CCCCC3)O[Si]3(C4CCCCC4)O[Si](O)(C4CCCCC4)O[Si](C4CCCCC4)(O1)O[Si](C1CCCCC1)(O3)O2. The number of rotatable bonds is 9. The summed E-state index contributed by atoms with van der Waals surface area (Å²) in [5.74, 6) is 0. The third kappa shape index (κ3) is 10.3. The van der Waals surface area contributed by atoms with Gasteiger partial charge in [-0.2, -0.15) is 0 Å². The average molecular weight is 1050 g/mol. The van der Waals surface area contributed by atoms with E-state index in [9.17, 15) is 9.59 Å². The van der Waals surface area contributed by atoms with Crippen molar-refractivity contribution in [2.24, 2.45) is 0 Å². The zero-order chi connectivity index (χ0) is 44.9. The molecule has 20 heteroatoms. The molecule has 12 nitrogen and oxygen atoms in total. The first-order chi connectivity index (χ1) is 31.3. The predicted molar refractivity (Wildman–Crippen MR) is 267 cm³/mol. The van der Waals surface area contributed by atoms with E-state index in [0.29, 0.717) is 0 Å². The second-order valence-electron chi connectivity index (χ2n) is 23.8. The maximum absolute atomic E-state index is 14.3. The first kappa shape index (κ1) is 49.8. The highest BCUT2D eigenvalue weighted by Crippen LogP contribution is 2.62. The maximum atomic E-state index is 14.3. The van der Waals surface area contributed by atoms with Crippen molar-refractivity contribution < 1.29 is 50.7 Å². The molecule has 65 heavy (non-hydrogen) atoms. The van der Waals surface area contributed by atoms with Crippen LogP contribution >= 0.6 is 0 Å². The van der Waals surface area contributed by atoms with Crippen molar-refractivity contribution >= 4 is 69.9 Å². The first-order valence-corrected chi connectivity index (χ1v) is 43.9. The fourth-order valence-corrected chi connectivity index (χ4v) is 62.0. The van der Waals surface area contributed by atoms with Crippen LogP contribution < -0.4 is 0 Å². The Morgan fingerprint density at radius 2 is 0.508 bits per heavy atom. The second-order valence-corrected chi connectivity index (χ2v) is 50.4. The van der Waals surface area contributed by atoms with E-state index in [2.05, 4.69) is 19.6 Å². The van der Waals surface area contributed by atoms with E-state index in [-0.39, 0.29) is 38.8 Å². The summed E-state index contributed by atoms with van der Waals surface area (Å²) in [6.45, 7) is 6.83. The van der Waals surface area contributed by atoms with Gasteiger partial charge < -0.3 is 50.7 Å². The lowest BCUT2D eigenvalue weighted by Crippen LogP contribution is -2.86. The summed E-state index contributed by atoms with van der Waals surface area (Å²) in [5.41, 5.74) is -0.724. The van der Waals surface area contributed by atoms with Gasteiger partial charge >= 0.3 is 61.6 Å². The van der Waals surface area contributed by atoms with Crippen LogP contribution in [0.1, 0.15) is 225 Å². The smallest absolute Gasteiger partial charge is 0.417 e. The van der Waals surface area contributed by atoms with E-state index in [1.54, 1.807) is 0 Å². The van der Waals surface area contributed by atoms with Gasteiger partial charge in [0.15, 0.2) is 8.32 Å². The fourth-order valence-electron chi connectivity index (χ4n) is 14.4. The molecule has 10 rings (SSSR count). The Bertz CT molecular complexity index is 1510. The molecule has 3 saturated heterocycles. The minimum atomic E-state index is -4.37. The molecule has 372 valence electrons. The highest BCUT2D eigenvalue weighted by molar-refractivity contribution is 7.00. The largest absolute Gasteiger partial charge is 0.486 e. The summed E-state index contributed by atoms with van der Waals surface area (Å²) in [6, 6.07) is 0. The Kier molecular flexibility index (Phi) is 15.5. The van der Waals surface area contributed by atoms with Crippen molar-refractivity contribution in [3.05, 3.63) is 0 Å². The molecule has 10 fully saturated rings. The van der Waals surface area contributed by atoms with E-state index in [0.717, 1.165) is 212 Å². The summed E-state index contributed by atoms with van der Waals surface area (Å²) in [4.78, 5) is 28.6. The van der Waals surface area contributed by atoms with Gasteiger partial charge in [-0.3, -0.25) is 0 Å². The monoisotopic (exact) mass is 1040 g/mol. The zero-order valence-electron chi connectivity index (χ0n) is 40.8. The van der Waals surface area contributed by atoms with Crippen molar-refractivity contribution in [2.75, 3.05) is 0 Å². The molecule has 7 saturated carbocycles. The molecule has 3 aliphatic heterocycles. The highest BCUT2D eigenvalue weighted by atomic mass is 28.6. The van der Waals surface area contributed by atoms with Gasteiger partial charge in [0.2, 0.25) is 0 Å². The van der Waals surface area contributed by atoms with Crippen LogP contribution in [0.5, 0.6) is 0 Å². The summed E-state index contributed by atoms with van der Waals surface area (Å²) < 4.78 is 82.6. The molecule has 0 aromatic rings. The molecule has 3 heterocycles. The maximum Gasteiger partial charge on any atom is 0.486 e. The van der Waals surface area contributed by atoms with Gasteiger partial charge in [-0.1, -0.05) is 135 Å². The Labute approximate surface area is 401 Å². The van der Waals surface area contributed by atoms with Crippen LogP contribution in [0.4, 0.5) is 0 Å². The predicted octanol–water partition coefficient (Wildman–Crippen LogP) is 12.9. The van der Waals surface area contributed by atoms with Gasteiger partial charge in [-0.15, -0.1) is 0 Å². The van der Waals surface area contributed by atoms with Crippen LogP contribution in [0, 0.1) is 0 Å². The van der Waals surface area contributed by atoms with Gasteiger partial charge in [-0.05, 0) is 110 Å². The lowest BCUT2D eigenvalue weighted by molar-refractivity contribution is -0.0160. The van der Waals surface area contributed by atoms with Gasteiger partial charge in [0, 0.05) is 38.8 Å². The first-order valence-electron chi connectivity index (χ1n) is 27.8. The second kappa shape index (κ2) is 20.3. The van der Waals surface area contributed by atoms with Crippen LogP contribution in [0.3, 0.4) is 0 Å².